The number of halogens is 1. The molecule has 1 rings (SSSR count). The first kappa shape index (κ1) is 22.0. The van der Waals surface area contributed by atoms with Gasteiger partial charge in [-0.05, 0) is 37.5 Å². The molecule has 0 saturated carbocycles. The maximum atomic E-state index is 5.82. The molecule has 0 amide bonds. The van der Waals surface area contributed by atoms with Crippen molar-refractivity contribution in [1.29, 1.82) is 0 Å². The van der Waals surface area contributed by atoms with Crippen molar-refractivity contribution in [2.24, 2.45) is 10.7 Å². The number of nitrogens with two attached hydrogens (primary N) is 1. The van der Waals surface area contributed by atoms with Crippen LogP contribution >= 0.6 is 24.0 Å². The number of benzene rings is 1. The van der Waals surface area contributed by atoms with Crippen molar-refractivity contribution >= 4 is 29.9 Å². The molecule has 6 heteroatoms. The summed E-state index contributed by atoms with van der Waals surface area (Å²) in [5, 5.41) is 3.09. The summed E-state index contributed by atoms with van der Waals surface area (Å²) in [6, 6.07) is 8.34. The van der Waals surface area contributed by atoms with Gasteiger partial charge in [-0.2, -0.15) is 0 Å². The highest BCUT2D eigenvalue weighted by Crippen LogP contribution is 2.13. The third kappa shape index (κ3) is 10.4. The van der Waals surface area contributed by atoms with Crippen LogP contribution in [0.5, 0.6) is 5.75 Å². The van der Waals surface area contributed by atoms with Gasteiger partial charge in [-0.1, -0.05) is 25.5 Å². The number of aliphatic imine (C=N–C) groups is 1. The highest BCUT2D eigenvalue weighted by Gasteiger charge is 2.01. The molecule has 132 valence electrons. The highest BCUT2D eigenvalue weighted by molar-refractivity contribution is 14.0. The number of ether oxygens (including phenoxy) is 2. The third-order valence-electron chi connectivity index (χ3n) is 3.18. The van der Waals surface area contributed by atoms with Gasteiger partial charge in [-0.25, -0.2) is 0 Å². The Labute approximate surface area is 157 Å². The van der Waals surface area contributed by atoms with Crippen LogP contribution < -0.4 is 15.8 Å². The number of nitrogens with one attached hydrogen (secondary N) is 1. The summed E-state index contributed by atoms with van der Waals surface area (Å²) in [7, 11) is 1.67. The SMILES string of the molecule is CCCCOc1ccc(CCN=C(N)NC(C)COC)cc1.I. The normalized spacial score (nSPS) is 12.4. The van der Waals surface area contributed by atoms with Gasteiger partial charge in [0.2, 0.25) is 0 Å². The van der Waals surface area contributed by atoms with E-state index in [-0.39, 0.29) is 30.0 Å². The first-order valence-electron chi connectivity index (χ1n) is 7.92. The van der Waals surface area contributed by atoms with Crippen molar-refractivity contribution in [3.8, 4) is 5.75 Å². The minimum Gasteiger partial charge on any atom is -0.494 e. The second-order valence-electron chi connectivity index (χ2n) is 5.36. The Morgan fingerprint density at radius 1 is 1.30 bits per heavy atom. The monoisotopic (exact) mass is 435 g/mol. The summed E-state index contributed by atoms with van der Waals surface area (Å²) in [5.41, 5.74) is 7.05. The lowest BCUT2D eigenvalue weighted by Crippen LogP contribution is -2.40. The molecule has 0 heterocycles. The van der Waals surface area contributed by atoms with Gasteiger partial charge in [0.15, 0.2) is 5.96 Å². The van der Waals surface area contributed by atoms with Crippen molar-refractivity contribution in [2.75, 3.05) is 26.9 Å². The lowest BCUT2D eigenvalue weighted by Gasteiger charge is -2.13. The van der Waals surface area contributed by atoms with E-state index in [1.54, 1.807) is 7.11 Å². The van der Waals surface area contributed by atoms with Gasteiger partial charge in [0, 0.05) is 19.7 Å². The quantitative estimate of drug-likeness (QED) is 0.257. The zero-order chi connectivity index (χ0) is 16.2. The van der Waals surface area contributed by atoms with E-state index in [1.807, 2.05) is 19.1 Å². The van der Waals surface area contributed by atoms with Gasteiger partial charge < -0.3 is 20.5 Å². The summed E-state index contributed by atoms with van der Waals surface area (Å²) < 4.78 is 10.7. The van der Waals surface area contributed by atoms with Crippen LogP contribution in [0.15, 0.2) is 29.3 Å². The van der Waals surface area contributed by atoms with E-state index in [4.69, 9.17) is 15.2 Å². The van der Waals surface area contributed by atoms with Crippen LogP contribution in [0.1, 0.15) is 32.3 Å². The van der Waals surface area contributed by atoms with Crippen molar-refractivity contribution in [3.05, 3.63) is 29.8 Å². The van der Waals surface area contributed by atoms with Gasteiger partial charge in [-0.15, -0.1) is 24.0 Å². The zero-order valence-electron chi connectivity index (χ0n) is 14.4. The average Bonchev–Trinajstić information content (AvgIpc) is 2.49. The average molecular weight is 435 g/mol. The maximum absolute atomic E-state index is 5.82. The lowest BCUT2D eigenvalue weighted by atomic mass is 10.1. The van der Waals surface area contributed by atoms with Crippen molar-refractivity contribution in [2.45, 2.75) is 39.2 Å². The van der Waals surface area contributed by atoms with E-state index in [0.29, 0.717) is 19.1 Å². The predicted octanol–water partition coefficient (Wildman–Crippen LogP) is 2.97. The second-order valence-corrected chi connectivity index (χ2v) is 5.36. The predicted molar refractivity (Wildman–Crippen MR) is 107 cm³/mol. The maximum Gasteiger partial charge on any atom is 0.188 e. The van der Waals surface area contributed by atoms with E-state index >= 15 is 0 Å². The van der Waals surface area contributed by atoms with E-state index < -0.39 is 0 Å². The fraction of sp³-hybridized carbons (Fsp3) is 0.588. The van der Waals surface area contributed by atoms with Crippen LogP contribution in [0, 0.1) is 0 Å². The molecule has 1 aromatic carbocycles. The van der Waals surface area contributed by atoms with Gasteiger partial charge in [0.25, 0.3) is 0 Å². The van der Waals surface area contributed by atoms with Crippen molar-refractivity contribution < 1.29 is 9.47 Å². The van der Waals surface area contributed by atoms with Crippen LogP contribution in [0.4, 0.5) is 0 Å². The van der Waals surface area contributed by atoms with Crippen LogP contribution in [0.3, 0.4) is 0 Å². The molecule has 0 aliphatic carbocycles. The van der Waals surface area contributed by atoms with Crippen LogP contribution in [0.2, 0.25) is 0 Å². The molecule has 0 radical (unpaired) electrons. The summed E-state index contributed by atoms with van der Waals surface area (Å²) in [6.07, 6.45) is 3.09. The van der Waals surface area contributed by atoms with Gasteiger partial charge in [-0.3, -0.25) is 4.99 Å². The Kier molecular flexibility index (Phi) is 12.8. The molecule has 3 N–H and O–H groups in total. The number of unbranched alkanes of at least 4 members (excludes halogenated alkanes) is 1. The molecule has 5 nitrogen and oxygen atoms in total. The third-order valence-corrected chi connectivity index (χ3v) is 3.18. The number of nitrogens with zero attached hydrogens (tertiary/aromatic N) is 1. The minimum atomic E-state index is 0. The molecule has 0 aromatic heterocycles. The molecule has 0 saturated heterocycles. The van der Waals surface area contributed by atoms with E-state index in [2.05, 4.69) is 29.4 Å². The van der Waals surface area contributed by atoms with Crippen molar-refractivity contribution in [1.82, 2.24) is 5.32 Å². The van der Waals surface area contributed by atoms with Crippen LogP contribution in [-0.4, -0.2) is 38.9 Å². The number of hydrogen-bond acceptors (Lipinski definition) is 3. The molecule has 1 unspecified atom stereocenters. The number of methoxy groups -OCH3 is 1. The summed E-state index contributed by atoms with van der Waals surface area (Å²) >= 11 is 0. The smallest absolute Gasteiger partial charge is 0.188 e. The van der Waals surface area contributed by atoms with E-state index in [0.717, 1.165) is 31.6 Å². The Hall–Kier alpha value is -1.02. The molecule has 0 bridgehead atoms. The standard InChI is InChI=1S/C17H29N3O2.HI/c1-4-5-12-22-16-8-6-15(7-9-16)10-11-19-17(18)20-14(2)13-21-3;/h6-9,14H,4-5,10-13H2,1-3H3,(H3,18,19,20);1H. The fourth-order valence-corrected chi connectivity index (χ4v) is 1.98. The van der Waals surface area contributed by atoms with E-state index in [9.17, 15) is 0 Å². The van der Waals surface area contributed by atoms with E-state index in [1.165, 1.54) is 5.56 Å². The topological polar surface area (TPSA) is 68.9 Å². The summed E-state index contributed by atoms with van der Waals surface area (Å²) in [4.78, 5) is 4.32. The summed E-state index contributed by atoms with van der Waals surface area (Å²) in [5.74, 6) is 1.39. The molecule has 1 atom stereocenters. The van der Waals surface area contributed by atoms with Crippen LogP contribution in [0.25, 0.3) is 0 Å². The molecule has 0 aliphatic heterocycles. The number of rotatable bonds is 10. The number of hydrogen-bond donors (Lipinski definition) is 2. The Balaban J connectivity index is 0.00000484. The Bertz CT molecular complexity index is 438. The molecule has 1 aromatic rings. The Morgan fingerprint density at radius 2 is 2.00 bits per heavy atom. The Morgan fingerprint density at radius 3 is 2.61 bits per heavy atom. The largest absolute Gasteiger partial charge is 0.494 e. The minimum absolute atomic E-state index is 0. The summed E-state index contributed by atoms with van der Waals surface area (Å²) in [6.45, 7) is 6.21. The van der Waals surface area contributed by atoms with Gasteiger partial charge in [0.1, 0.15) is 5.75 Å². The lowest BCUT2D eigenvalue weighted by molar-refractivity contribution is 0.179. The van der Waals surface area contributed by atoms with Gasteiger partial charge >= 0.3 is 0 Å². The molecular formula is C17H30IN3O2. The molecular weight excluding hydrogens is 405 g/mol. The van der Waals surface area contributed by atoms with Gasteiger partial charge in [0.05, 0.1) is 13.2 Å². The second kappa shape index (κ2) is 13.4. The molecule has 0 aliphatic rings. The molecule has 23 heavy (non-hydrogen) atoms. The highest BCUT2D eigenvalue weighted by atomic mass is 127. The zero-order valence-corrected chi connectivity index (χ0v) is 16.7. The molecule has 0 spiro atoms. The first-order valence-corrected chi connectivity index (χ1v) is 7.92. The van der Waals surface area contributed by atoms with Crippen LogP contribution in [-0.2, 0) is 11.2 Å². The first-order chi connectivity index (χ1) is 10.7. The van der Waals surface area contributed by atoms with Crippen molar-refractivity contribution in [3.63, 3.8) is 0 Å². The molecule has 0 fully saturated rings. The fourth-order valence-electron chi connectivity index (χ4n) is 1.98. The number of guanidine groups is 1.